The highest BCUT2D eigenvalue weighted by molar-refractivity contribution is 5.74. The lowest BCUT2D eigenvalue weighted by atomic mass is 9.78. The van der Waals surface area contributed by atoms with E-state index in [0.717, 1.165) is 32.2 Å². The van der Waals surface area contributed by atoms with E-state index in [4.69, 9.17) is 4.74 Å². The van der Waals surface area contributed by atoms with Gasteiger partial charge in [0.2, 0.25) is 0 Å². The molecule has 3 aliphatic rings. The standard InChI is InChI=1S/C20H38N4O2/c1-21(2)19(25)24-12-8-20(17-24)7-4-9-23(16-20)15-18-5-10-22(11-6-18)13-14-26-3/h18H,4-17H2,1-3H3. The molecule has 1 spiro atoms. The largest absolute Gasteiger partial charge is 0.383 e. The Labute approximate surface area is 159 Å². The second-order valence-corrected chi connectivity index (χ2v) is 8.97. The fraction of sp³-hybridized carbons (Fsp3) is 0.950. The van der Waals surface area contributed by atoms with Gasteiger partial charge < -0.3 is 24.3 Å². The Morgan fingerprint density at radius 1 is 1.08 bits per heavy atom. The molecule has 0 radical (unpaired) electrons. The quantitative estimate of drug-likeness (QED) is 0.744. The minimum atomic E-state index is 0.183. The van der Waals surface area contributed by atoms with E-state index < -0.39 is 0 Å². The molecule has 0 saturated carbocycles. The van der Waals surface area contributed by atoms with Crippen molar-refractivity contribution in [3.63, 3.8) is 0 Å². The molecule has 3 heterocycles. The normalized spacial score (nSPS) is 28.8. The molecule has 1 unspecified atom stereocenters. The summed E-state index contributed by atoms with van der Waals surface area (Å²) in [4.78, 5) is 21.3. The molecule has 0 bridgehead atoms. The lowest BCUT2D eigenvalue weighted by molar-refractivity contribution is 0.0621. The molecule has 6 heteroatoms. The van der Waals surface area contributed by atoms with Crippen LogP contribution in [-0.4, -0.2) is 106 Å². The Bertz CT molecular complexity index is 465. The van der Waals surface area contributed by atoms with Crippen LogP contribution in [0, 0.1) is 11.3 Å². The average molecular weight is 367 g/mol. The van der Waals surface area contributed by atoms with Gasteiger partial charge in [-0.1, -0.05) is 0 Å². The number of carbonyl (C=O) groups is 1. The SMILES string of the molecule is COCCN1CCC(CN2CCCC3(CCN(C(=O)N(C)C)C3)C2)CC1. The summed E-state index contributed by atoms with van der Waals surface area (Å²) in [5.74, 6) is 0.838. The van der Waals surface area contributed by atoms with Gasteiger partial charge in [0.05, 0.1) is 6.61 Å². The Morgan fingerprint density at radius 2 is 1.85 bits per heavy atom. The van der Waals surface area contributed by atoms with Gasteiger partial charge in [-0.3, -0.25) is 0 Å². The van der Waals surface area contributed by atoms with E-state index >= 15 is 0 Å². The van der Waals surface area contributed by atoms with Crippen molar-refractivity contribution in [2.24, 2.45) is 11.3 Å². The summed E-state index contributed by atoms with van der Waals surface area (Å²) >= 11 is 0. The molecule has 3 rings (SSSR count). The van der Waals surface area contributed by atoms with Crippen LogP contribution in [-0.2, 0) is 4.74 Å². The maximum Gasteiger partial charge on any atom is 0.319 e. The predicted molar refractivity (Wildman–Crippen MR) is 104 cm³/mol. The third-order valence-corrected chi connectivity index (χ3v) is 6.67. The molecule has 3 fully saturated rings. The number of amides is 2. The van der Waals surface area contributed by atoms with Crippen molar-refractivity contribution in [3.05, 3.63) is 0 Å². The van der Waals surface area contributed by atoms with Crippen LogP contribution in [0.15, 0.2) is 0 Å². The summed E-state index contributed by atoms with van der Waals surface area (Å²) in [6.45, 7) is 9.94. The topological polar surface area (TPSA) is 39.3 Å². The third-order valence-electron chi connectivity index (χ3n) is 6.67. The molecule has 26 heavy (non-hydrogen) atoms. The highest BCUT2D eigenvalue weighted by atomic mass is 16.5. The van der Waals surface area contributed by atoms with E-state index in [1.807, 2.05) is 14.1 Å². The Balaban J connectivity index is 1.45. The summed E-state index contributed by atoms with van der Waals surface area (Å²) in [6.07, 6.45) is 6.39. The van der Waals surface area contributed by atoms with Gasteiger partial charge in [-0.05, 0) is 57.7 Å². The molecule has 0 aromatic rings. The Kier molecular flexibility index (Phi) is 6.81. The summed E-state index contributed by atoms with van der Waals surface area (Å²) in [6, 6.07) is 0.183. The minimum Gasteiger partial charge on any atom is -0.383 e. The first-order chi connectivity index (χ1) is 12.5. The van der Waals surface area contributed by atoms with Crippen LogP contribution >= 0.6 is 0 Å². The molecule has 6 nitrogen and oxygen atoms in total. The number of hydrogen-bond donors (Lipinski definition) is 0. The van der Waals surface area contributed by atoms with E-state index in [1.54, 1.807) is 12.0 Å². The zero-order valence-corrected chi connectivity index (χ0v) is 17.1. The number of piperidine rings is 2. The van der Waals surface area contributed by atoms with Crippen LogP contribution < -0.4 is 0 Å². The first-order valence-corrected chi connectivity index (χ1v) is 10.4. The van der Waals surface area contributed by atoms with E-state index in [-0.39, 0.29) is 6.03 Å². The zero-order chi connectivity index (χ0) is 18.6. The van der Waals surface area contributed by atoms with Gasteiger partial charge in [-0.15, -0.1) is 0 Å². The molecule has 3 saturated heterocycles. The summed E-state index contributed by atoms with van der Waals surface area (Å²) in [5, 5.41) is 0. The van der Waals surface area contributed by atoms with Gasteiger partial charge >= 0.3 is 6.03 Å². The number of nitrogens with zero attached hydrogens (tertiary/aromatic N) is 4. The first kappa shape index (κ1) is 19.9. The van der Waals surface area contributed by atoms with Gasteiger partial charge in [0, 0.05) is 59.3 Å². The van der Waals surface area contributed by atoms with Gasteiger partial charge in [-0.2, -0.15) is 0 Å². The maximum atomic E-state index is 12.3. The molecule has 0 aliphatic carbocycles. The first-order valence-electron chi connectivity index (χ1n) is 10.4. The lowest BCUT2D eigenvalue weighted by Gasteiger charge is -2.43. The Morgan fingerprint density at radius 3 is 2.54 bits per heavy atom. The molecule has 1 atom stereocenters. The fourth-order valence-electron chi connectivity index (χ4n) is 5.16. The van der Waals surface area contributed by atoms with Gasteiger partial charge in [-0.25, -0.2) is 4.79 Å². The monoisotopic (exact) mass is 366 g/mol. The fourth-order valence-corrected chi connectivity index (χ4v) is 5.16. The van der Waals surface area contributed by atoms with E-state index in [9.17, 15) is 4.79 Å². The van der Waals surface area contributed by atoms with Gasteiger partial charge in [0.1, 0.15) is 0 Å². The van der Waals surface area contributed by atoms with Crippen molar-refractivity contribution in [1.29, 1.82) is 0 Å². The molecule has 0 aromatic carbocycles. The number of methoxy groups -OCH3 is 1. The van der Waals surface area contributed by atoms with Crippen LogP contribution in [0.1, 0.15) is 32.1 Å². The predicted octanol–water partition coefficient (Wildman–Crippen LogP) is 1.81. The molecular weight excluding hydrogens is 328 g/mol. The van der Waals surface area contributed by atoms with Gasteiger partial charge in [0.25, 0.3) is 0 Å². The van der Waals surface area contributed by atoms with Crippen LogP contribution in [0.25, 0.3) is 0 Å². The van der Waals surface area contributed by atoms with E-state index in [2.05, 4.69) is 14.7 Å². The number of hydrogen-bond acceptors (Lipinski definition) is 4. The average Bonchev–Trinajstić information content (AvgIpc) is 3.03. The van der Waals surface area contributed by atoms with Crippen molar-refractivity contribution in [3.8, 4) is 0 Å². The number of carbonyl (C=O) groups excluding carboxylic acids is 1. The van der Waals surface area contributed by atoms with E-state index in [0.29, 0.717) is 5.41 Å². The maximum absolute atomic E-state index is 12.3. The van der Waals surface area contributed by atoms with Crippen molar-refractivity contribution >= 4 is 6.03 Å². The molecule has 2 amide bonds. The summed E-state index contributed by atoms with van der Waals surface area (Å²) in [5.41, 5.74) is 0.350. The van der Waals surface area contributed by atoms with Crippen molar-refractivity contribution < 1.29 is 9.53 Å². The minimum absolute atomic E-state index is 0.183. The van der Waals surface area contributed by atoms with Crippen molar-refractivity contribution in [2.45, 2.75) is 32.1 Å². The highest BCUT2D eigenvalue weighted by Gasteiger charge is 2.43. The third kappa shape index (κ3) is 4.90. The number of likely N-dealkylation sites (tertiary alicyclic amines) is 3. The van der Waals surface area contributed by atoms with Crippen molar-refractivity contribution in [2.75, 3.05) is 80.2 Å². The van der Waals surface area contributed by atoms with E-state index in [1.165, 1.54) is 64.8 Å². The second-order valence-electron chi connectivity index (χ2n) is 8.97. The van der Waals surface area contributed by atoms with Crippen LogP contribution in [0.2, 0.25) is 0 Å². The summed E-state index contributed by atoms with van der Waals surface area (Å²) in [7, 11) is 5.51. The lowest BCUT2D eigenvalue weighted by Crippen LogP contribution is -2.48. The number of rotatable bonds is 5. The zero-order valence-electron chi connectivity index (χ0n) is 17.1. The molecule has 3 aliphatic heterocycles. The number of ether oxygens (including phenoxy) is 1. The second kappa shape index (κ2) is 8.89. The molecule has 150 valence electrons. The molecule has 0 aromatic heterocycles. The summed E-state index contributed by atoms with van der Waals surface area (Å²) < 4.78 is 5.21. The van der Waals surface area contributed by atoms with Gasteiger partial charge in [0.15, 0.2) is 0 Å². The molecule has 0 N–H and O–H groups in total. The number of urea groups is 1. The van der Waals surface area contributed by atoms with Crippen molar-refractivity contribution in [1.82, 2.24) is 19.6 Å². The smallest absolute Gasteiger partial charge is 0.319 e. The van der Waals surface area contributed by atoms with Crippen LogP contribution in [0.3, 0.4) is 0 Å². The van der Waals surface area contributed by atoms with Crippen LogP contribution in [0.5, 0.6) is 0 Å². The Hall–Kier alpha value is -0.850. The highest BCUT2D eigenvalue weighted by Crippen LogP contribution is 2.39. The van der Waals surface area contributed by atoms with Crippen LogP contribution in [0.4, 0.5) is 4.79 Å². The molecular formula is C20H38N4O2.